The van der Waals surface area contributed by atoms with E-state index in [2.05, 4.69) is 5.32 Å². The van der Waals surface area contributed by atoms with Crippen LogP contribution in [0.25, 0.3) is 0 Å². The molecule has 2 atom stereocenters. The number of aliphatic hydroxyl groups excluding tert-OH is 1. The van der Waals surface area contributed by atoms with Gasteiger partial charge in [0.1, 0.15) is 6.61 Å². The first-order valence-corrected chi connectivity index (χ1v) is 5.47. The Bertz CT molecular complexity index is 170. The lowest BCUT2D eigenvalue weighted by atomic mass is 9.93. The number of hydrogen-bond donors (Lipinski definition) is 2. The number of rotatable bonds is 6. The van der Waals surface area contributed by atoms with Crippen LogP contribution in [0.15, 0.2) is 0 Å². The maximum atomic E-state index is 11.7. The smallest absolute Gasteiger partial charge is 0.261 e. The van der Waals surface area contributed by atoms with Gasteiger partial charge < -0.3 is 15.2 Å². The van der Waals surface area contributed by atoms with Crippen LogP contribution >= 0.6 is 0 Å². The first-order chi connectivity index (χ1) is 7.20. The number of aliphatic hydroxyl groups is 1. The van der Waals surface area contributed by atoms with Crippen molar-refractivity contribution in [2.24, 2.45) is 0 Å². The lowest BCUT2D eigenvalue weighted by molar-refractivity contribution is 0.0152. The van der Waals surface area contributed by atoms with Crippen LogP contribution in [0.4, 0.5) is 8.78 Å². The molecule has 90 valence electrons. The molecule has 0 radical (unpaired) electrons. The Morgan fingerprint density at radius 1 is 1.33 bits per heavy atom. The monoisotopic (exact) mass is 223 g/mol. The van der Waals surface area contributed by atoms with E-state index in [-0.39, 0.29) is 18.8 Å². The molecule has 0 heterocycles. The molecule has 2 N–H and O–H groups in total. The third kappa shape index (κ3) is 5.39. The van der Waals surface area contributed by atoms with Gasteiger partial charge in [0.25, 0.3) is 6.43 Å². The van der Waals surface area contributed by atoms with Gasteiger partial charge in [0.05, 0.1) is 12.7 Å². The summed E-state index contributed by atoms with van der Waals surface area (Å²) in [6.45, 7) is 0.289. The Kier molecular flexibility index (Phi) is 6.05. The first-order valence-electron chi connectivity index (χ1n) is 5.47. The van der Waals surface area contributed by atoms with Crippen molar-refractivity contribution in [2.45, 2.75) is 44.3 Å². The molecule has 0 aromatic rings. The van der Waals surface area contributed by atoms with Gasteiger partial charge in [-0.15, -0.1) is 0 Å². The number of hydrogen-bond acceptors (Lipinski definition) is 3. The van der Waals surface area contributed by atoms with E-state index in [1.54, 1.807) is 0 Å². The number of alkyl halides is 2. The highest BCUT2D eigenvalue weighted by Crippen LogP contribution is 2.17. The predicted molar refractivity (Wildman–Crippen MR) is 53.1 cm³/mol. The van der Waals surface area contributed by atoms with Crippen LogP contribution in [0.3, 0.4) is 0 Å². The molecule has 15 heavy (non-hydrogen) atoms. The third-order valence-corrected chi connectivity index (χ3v) is 2.63. The van der Waals surface area contributed by atoms with Crippen molar-refractivity contribution < 1.29 is 18.6 Å². The Hall–Kier alpha value is -0.260. The topological polar surface area (TPSA) is 41.5 Å². The highest BCUT2D eigenvalue weighted by atomic mass is 19.3. The minimum Gasteiger partial charge on any atom is -0.392 e. The van der Waals surface area contributed by atoms with Crippen molar-refractivity contribution in [1.82, 2.24) is 5.32 Å². The van der Waals surface area contributed by atoms with Crippen molar-refractivity contribution in [1.29, 1.82) is 0 Å². The van der Waals surface area contributed by atoms with Gasteiger partial charge in [-0.1, -0.05) is 12.8 Å². The maximum Gasteiger partial charge on any atom is 0.261 e. The molecule has 0 aliphatic heterocycles. The SMILES string of the molecule is O[C@@H]1CCCC[C@H]1NCCOCC(F)F. The summed E-state index contributed by atoms with van der Waals surface area (Å²) in [5.41, 5.74) is 0. The average molecular weight is 223 g/mol. The predicted octanol–water partition coefficient (Wildman–Crippen LogP) is 1.16. The van der Waals surface area contributed by atoms with Gasteiger partial charge in [-0.3, -0.25) is 0 Å². The zero-order chi connectivity index (χ0) is 11.1. The molecule has 0 aromatic heterocycles. The van der Waals surface area contributed by atoms with E-state index in [0.29, 0.717) is 6.54 Å². The van der Waals surface area contributed by atoms with E-state index in [1.165, 1.54) is 0 Å². The molecule has 0 amide bonds. The van der Waals surface area contributed by atoms with Gasteiger partial charge in [0, 0.05) is 12.6 Å². The fourth-order valence-electron chi connectivity index (χ4n) is 1.84. The lowest BCUT2D eigenvalue weighted by Crippen LogP contribution is -2.43. The summed E-state index contributed by atoms with van der Waals surface area (Å²) >= 11 is 0. The summed E-state index contributed by atoms with van der Waals surface area (Å²) < 4.78 is 28.1. The van der Waals surface area contributed by atoms with Crippen LogP contribution in [0.5, 0.6) is 0 Å². The van der Waals surface area contributed by atoms with E-state index >= 15 is 0 Å². The fraction of sp³-hybridized carbons (Fsp3) is 1.00. The van der Waals surface area contributed by atoms with Crippen LogP contribution < -0.4 is 5.32 Å². The van der Waals surface area contributed by atoms with Crippen molar-refractivity contribution in [2.75, 3.05) is 19.8 Å². The van der Waals surface area contributed by atoms with Gasteiger partial charge >= 0.3 is 0 Å². The Balaban J connectivity index is 1.99. The summed E-state index contributed by atoms with van der Waals surface area (Å²) in [4.78, 5) is 0. The van der Waals surface area contributed by atoms with E-state index in [4.69, 9.17) is 4.74 Å². The molecule has 0 spiro atoms. The molecule has 1 rings (SSSR count). The Labute approximate surface area is 88.8 Å². The molecular weight excluding hydrogens is 204 g/mol. The average Bonchev–Trinajstić information content (AvgIpc) is 2.20. The van der Waals surface area contributed by atoms with Gasteiger partial charge in [0.2, 0.25) is 0 Å². The molecule has 3 nitrogen and oxygen atoms in total. The van der Waals surface area contributed by atoms with Crippen LogP contribution in [-0.4, -0.2) is 43.4 Å². The van der Waals surface area contributed by atoms with Gasteiger partial charge in [-0.05, 0) is 12.8 Å². The molecule has 1 fully saturated rings. The summed E-state index contributed by atoms with van der Waals surface area (Å²) in [7, 11) is 0. The van der Waals surface area contributed by atoms with Crippen molar-refractivity contribution in [3.63, 3.8) is 0 Å². The van der Waals surface area contributed by atoms with E-state index in [1.807, 2.05) is 0 Å². The first kappa shape index (κ1) is 12.8. The molecule has 0 aromatic carbocycles. The van der Waals surface area contributed by atoms with Gasteiger partial charge in [-0.2, -0.15) is 0 Å². The Morgan fingerprint density at radius 3 is 2.73 bits per heavy atom. The fourth-order valence-corrected chi connectivity index (χ4v) is 1.84. The normalized spacial score (nSPS) is 27.2. The van der Waals surface area contributed by atoms with Crippen LogP contribution in [-0.2, 0) is 4.74 Å². The minimum atomic E-state index is -2.40. The van der Waals surface area contributed by atoms with Crippen LogP contribution in [0.2, 0.25) is 0 Å². The second-order valence-electron chi connectivity index (χ2n) is 3.88. The molecule has 1 saturated carbocycles. The van der Waals surface area contributed by atoms with Crippen LogP contribution in [0.1, 0.15) is 25.7 Å². The third-order valence-electron chi connectivity index (χ3n) is 2.63. The standard InChI is InChI=1S/C10H19F2NO2/c11-10(12)7-15-6-5-13-8-3-1-2-4-9(8)14/h8-10,13-14H,1-7H2/t8-,9-/m1/s1. The summed E-state index contributed by atoms with van der Waals surface area (Å²) in [6.07, 6.45) is 1.28. The number of ether oxygens (including phenoxy) is 1. The zero-order valence-corrected chi connectivity index (χ0v) is 8.79. The summed E-state index contributed by atoms with van der Waals surface area (Å²) in [6, 6.07) is 0.105. The Morgan fingerprint density at radius 2 is 2.07 bits per heavy atom. The molecule has 0 saturated heterocycles. The zero-order valence-electron chi connectivity index (χ0n) is 8.79. The van der Waals surface area contributed by atoms with Gasteiger partial charge in [0.15, 0.2) is 0 Å². The number of halogens is 2. The molecule has 0 unspecified atom stereocenters. The van der Waals surface area contributed by atoms with E-state index in [9.17, 15) is 13.9 Å². The summed E-state index contributed by atoms with van der Waals surface area (Å²) in [5, 5.41) is 12.7. The minimum absolute atomic E-state index is 0.105. The molecule has 1 aliphatic rings. The van der Waals surface area contributed by atoms with Crippen LogP contribution in [0, 0.1) is 0 Å². The summed E-state index contributed by atoms with van der Waals surface area (Å²) in [5.74, 6) is 0. The maximum absolute atomic E-state index is 11.7. The van der Waals surface area contributed by atoms with Gasteiger partial charge in [-0.25, -0.2) is 8.78 Å². The second-order valence-corrected chi connectivity index (χ2v) is 3.88. The highest BCUT2D eigenvalue weighted by molar-refractivity contribution is 4.79. The van der Waals surface area contributed by atoms with E-state index in [0.717, 1.165) is 25.7 Å². The van der Waals surface area contributed by atoms with Crippen molar-refractivity contribution >= 4 is 0 Å². The van der Waals surface area contributed by atoms with E-state index < -0.39 is 13.0 Å². The molecular formula is C10H19F2NO2. The molecule has 0 bridgehead atoms. The largest absolute Gasteiger partial charge is 0.392 e. The number of nitrogens with one attached hydrogen (secondary N) is 1. The molecule has 5 heteroatoms. The second kappa shape index (κ2) is 7.09. The van der Waals surface area contributed by atoms with Crippen molar-refractivity contribution in [3.05, 3.63) is 0 Å². The van der Waals surface area contributed by atoms with Crippen molar-refractivity contribution in [3.8, 4) is 0 Å². The molecule has 1 aliphatic carbocycles. The lowest BCUT2D eigenvalue weighted by Gasteiger charge is -2.28. The highest BCUT2D eigenvalue weighted by Gasteiger charge is 2.21. The quantitative estimate of drug-likeness (QED) is 0.664.